The third-order valence-corrected chi connectivity index (χ3v) is 9.26. The van der Waals surface area contributed by atoms with Crippen LogP contribution in [0.1, 0.15) is 0 Å². The molecule has 0 amide bonds. The molecule has 3 aromatic heterocycles. The lowest BCUT2D eigenvalue weighted by molar-refractivity contribution is 0.673. The van der Waals surface area contributed by atoms with E-state index in [0.29, 0.717) is 0 Å². The quantitative estimate of drug-likeness (QED) is 0.224. The fourth-order valence-electron chi connectivity index (χ4n) is 6.33. The summed E-state index contributed by atoms with van der Waals surface area (Å²) in [5.74, 6) is 0. The van der Waals surface area contributed by atoms with Gasteiger partial charge in [0.2, 0.25) is 0 Å². The van der Waals surface area contributed by atoms with Gasteiger partial charge in [-0.1, -0.05) is 97.1 Å². The highest BCUT2D eigenvalue weighted by atomic mass is 32.1. The van der Waals surface area contributed by atoms with Crippen molar-refractivity contribution in [3.8, 4) is 16.8 Å². The standard InChI is InChI=1S/C36H21NOS/c1-2-11-23(12-3-1)37-30-18-7-6-14-27(30)36-33(37)29-17-8-16-26(35(29)39-36)25-15-9-19-31-32(25)28-21-20-22-10-4-5-13-24(22)34(28)38-31/h1-21H. The van der Waals surface area contributed by atoms with E-state index in [4.69, 9.17) is 4.42 Å². The fourth-order valence-corrected chi connectivity index (χ4v) is 7.67. The van der Waals surface area contributed by atoms with Gasteiger partial charge in [-0.2, -0.15) is 0 Å². The predicted molar refractivity (Wildman–Crippen MR) is 166 cm³/mol. The molecule has 0 saturated heterocycles. The topological polar surface area (TPSA) is 18.1 Å². The van der Waals surface area contributed by atoms with E-state index in [2.05, 4.69) is 132 Å². The van der Waals surface area contributed by atoms with Crippen molar-refractivity contribution in [1.29, 1.82) is 0 Å². The smallest absolute Gasteiger partial charge is 0.143 e. The minimum atomic E-state index is 0.927. The van der Waals surface area contributed by atoms with E-state index in [-0.39, 0.29) is 0 Å². The van der Waals surface area contributed by atoms with Gasteiger partial charge in [0, 0.05) is 42.9 Å². The zero-order valence-electron chi connectivity index (χ0n) is 20.9. The van der Waals surface area contributed by atoms with E-state index in [1.165, 1.54) is 58.8 Å². The molecule has 9 aromatic rings. The lowest BCUT2D eigenvalue weighted by Crippen LogP contribution is -1.92. The fraction of sp³-hybridized carbons (Fsp3) is 0. The van der Waals surface area contributed by atoms with Crippen molar-refractivity contribution in [3.63, 3.8) is 0 Å². The summed E-state index contributed by atoms with van der Waals surface area (Å²) in [5, 5.41) is 7.27. The molecule has 0 N–H and O–H groups in total. The summed E-state index contributed by atoms with van der Waals surface area (Å²) in [6.45, 7) is 0. The Hall–Kier alpha value is -4.86. The molecule has 0 aliphatic rings. The summed E-state index contributed by atoms with van der Waals surface area (Å²) in [6.07, 6.45) is 0. The maximum atomic E-state index is 6.52. The Morgan fingerprint density at radius 3 is 2.18 bits per heavy atom. The predicted octanol–water partition coefficient (Wildman–Crippen LogP) is 10.7. The first-order chi connectivity index (χ1) is 19.4. The molecule has 6 aromatic carbocycles. The number of benzene rings is 6. The van der Waals surface area contributed by atoms with Gasteiger partial charge in [-0.25, -0.2) is 0 Å². The summed E-state index contributed by atoms with van der Waals surface area (Å²) in [5.41, 5.74) is 8.05. The molecule has 9 rings (SSSR count). The number of furan rings is 1. The molecule has 0 fully saturated rings. The highest BCUT2D eigenvalue weighted by molar-refractivity contribution is 7.27. The van der Waals surface area contributed by atoms with Crippen molar-refractivity contribution in [2.24, 2.45) is 0 Å². The van der Waals surface area contributed by atoms with Crippen LogP contribution in [-0.2, 0) is 0 Å². The number of nitrogens with zero attached hydrogens (tertiary/aromatic N) is 1. The number of aromatic nitrogens is 1. The van der Waals surface area contributed by atoms with Gasteiger partial charge in [0.25, 0.3) is 0 Å². The Morgan fingerprint density at radius 1 is 0.513 bits per heavy atom. The minimum Gasteiger partial charge on any atom is -0.455 e. The molecule has 0 unspecified atom stereocenters. The monoisotopic (exact) mass is 515 g/mol. The molecule has 3 heteroatoms. The van der Waals surface area contributed by atoms with Gasteiger partial charge in [0.05, 0.1) is 15.7 Å². The Morgan fingerprint density at radius 2 is 1.26 bits per heavy atom. The molecule has 39 heavy (non-hydrogen) atoms. The molecule has 0 aliphatic carbocycles. The van der Waals surface area contributed by atoms with Crippen LogP contribution in [0.5, 0.6) is 0 Å². The normalized spacial score (nSPS) is 12.1. The molecule has 3 heterocycles. The Kier molecular flexibility index (Phi) is 4.24. The van der Waals surface area contributed by atoms with Gasteiger partial charge in [0.15, 0.2) is 0 Å². The number of thiophene rings is 1. The van der Waals surface area contributed by atoms with Crippen LogP contribution in [0.2, 0.25) is 0 Å². The minimum absolute atomic E-state index is 0.927. The molecule has 182 valence electrons. The van der Waals surface area contributed by atoms with Crippen LogP contribution < -0.4 is 0 Å². The maximum absolute atomic E-state index is 6.52. The highest BCUT2D eigenvalue weighted by Crippen LogP contribution is 2.47. The van der Waals surface area contributed by atoms with Gasteiger partial charge in [-0.3, -0.25) is 0 Å². The number of rotatable bonds is 2. The first-order valence-electron chi connectivity index (χ1n) is 13.2. The van der Waals surface area contributed by atoms with Crippen molar-refractivity contribution in [2.75, 3.05) is 0 Å². The zero-order valence-corrected chi connectivity index (χ0v) is 21.7. The Bertz CT molecular complexity index is 2390. The Labute approximate surface area is 227 Å². The SMILES string of the molecule is c1ccc(-n2c3ccccc3c3sc4c(-c5cccc6oc7c8ccccc8ccc7c56)cccc4c32)cc1. The summed E-state index contributed by atoms with van der Waals surface area (Å²) >= 11 is 1.90. The van der Waals surface area contributed by atoms with Crippen LogP contribution in [0.15, 0.2) is 132 Å². The van der Waals surface area contributed by atoms with Crippen LogP contribution in [0, 0.1) is 0 Å². The summed E-state index contributed by atoms with van der Waals surface area (Å²) in [7, 11) is 0. The average molecular weight is 516 g/mol. The van der Waals surface area contributed by atoms with E-state index >= 15 is 0 Å². The van der Waals surface area contributed by atoms with Crippen LogP contribution in [-0.4, -0.2) is 4.57 Å². The van der Waals surface area contributed by atoms with Crippen molar-refractivity contribution >= 4 is 75.3 Å². The molecule has 0 radical (unpaired) electrons. The second-order valence-corrected chi connectivity index (χ2v) is 11.1. The van der Waals surface area contributed by atoms with E-state index in [1.54, 1.807) is 0 Å². The average Bonchev–Trinajstić information content (AvgIpc) is 3.66. The van der Waals surface area contributed by atoms with Crippen molar-refractivity contribution in [3.05, 3.63) is 127 Å². The second kappa shape index (κ2) is 7.83. The maximum Gasteiger partial charge on any atom is 0.143 e. The molecule has 0 bridgehead atoms. The molecular formula is C36H21NOS. The van der Waals surface area contributed by atoms with Gasteiger partial charge in [-0.15, -0.1) is 11.3 Å². The molecule has 0 aliphatic heterocycles. The van der Waals surface area contributed by atoms with E-state index in [9.17, 15) is 0 Å². The second-order valence-electron chi connectivity index (χ2n) is 10.1. The number of hydrogen-bond acceptors (Lipinski definition) is 2. The van der Waals surface area contributed by atoms with E-state index < -0.39 is 0 Å². The van der Waals surface area contributed by atoms with Crippen molar-refractivity contribution in [2.45, 2.75) is 0 Å². The summed E-state index contributed by atoms with van der Waals surface area (Å²) < 4.78 is 11.6. The van der Waals surface area contributed by atoms with Gasteiger partial charge in [0.1, 0.15) is 11.2 Å². The molecular weight excluding hydrogens is 494 g/mol. The largest absolute Gasteiger partial charge is 0.455 e. The number of fused-ring (bicyclic) bond motifs is 10. The van der Waals surface area contributed by atoms with Gasteiger partial charge in [-0.05, 0) is 41.3 Å². The third-order valence-electron chi connectivity index (χ3n) is 7.99. The lowest BCUT2D eigenvalue weighted by Gasteiger charge is -2.09. The van der Waals surface area contributed by atoms with Crippen LogP contribution in [0.25, 0.3) is 80.7 Å². The molecule has 0 spiro atoms. The van der Waals surface area contributed by atoms with Crippen molar-refractivity contribution in [1.82, 2.24) is 4.57 Å². The lowest BCUT2D eigenvalue weighted by atomic mass is 9.97. The molecule has 2 nitrogen and oxygen atoms in total. The summed E-state index contributed by atoms with van der Waals surface area (Å²) in [6, 6.07) is 45.5. The molecule has 0 atom stereocenters. The molecule has 0 saturated carbocycles. The zero-order chi connectivity index (χ0) is 25.5. The van der Waals surface area contributed by atoms with Crippen LogP contribution in [0.3, 0.4) is 0 Å². The number of para-hydroxylation sites is 2. The van der Waals surface area contributed by atoms with Crippen LogP contribution in [0.4, 0.5) is 0 Å². The highest BCUT2D eigenvalue weighted by Gasteiger charge is 2.21. The van der Waals surface area contributed by atoms with E-state index in [1.807, 2.05) is 11.3 Å². The van der Waals surface area contributed by atoms with Gasteiger partial charge < -0.3 is 8.98 Å². The summed E-state index contributed by atoms with van der Waals surface area (Å²) in [4.78, 5) is 0. The first kappa shape index (κ1) is 21.1. The van der Waals surface area contributed by atoms with Crippen LogP contribution >= 0.6 is 11.3 Å². The van der Waals surface area contributed by atoms with Gasteiger partial charge >= 0.3 is 0 Å². The Balaban J connectivity index is 1.41. The first-order valence-corrected chi connectivity index (χ1v) is 14.0. The third kappa shape index (κ3) is 2.85. The van der Waals surface area contributed by atoms with E-state index in [0.717, 1.165) is 21.9 Å². The van der Waals surface area contributed by atoms with Crippen molar-refractivity contribution < 1.29 is 4.42 Å². The number of hydrogen-bond donors (Lipinski definition) is 0.